The molecule has 204 valence electrons. The van der Waals surface area contributed by atoms with Crippen LogP contribution < -0.4 is 5.32 Å². The second-order valence-corrected chi connectivity index (χ2v) is 12.4. The van der Waals surface area contributed by atoms with Crippen LogP contribution in [0.15, 0.2) is 28.8 Å². The molecule has 2 aromatic rings. The van der Waals surface area contributed by atoms with Crippen molar-refractivity contribution in [3.05, 3.63) is 51.5 Å². The van der Waals surface area contributed by atoms with Crippen LogP contribution in [0.1, 0.15) is 53.5 Å². The summed E-state index contributed by atoms with van der Waals surface area (Å²) in [6, 6.07) is -0.342. The molecule has 1 N–H and O–H groups in total. The van der Waals surface area contributed by atoms with Gasteiger partial charge >= 0.3 is 0 Å². The molecule has 3 unspecified atom stereocenters. The Hall–Kier alpha value is -2.33. The second kappa shape index (κ2) is 11.4. The lowest BCUT2D eigenvalue weighted by atomic mass is 9.91. The van der Waals surface area contributed by atoms with E-state index in [1.807, 2.05) is 13.0 Å². The molecule has 1 fully saturated rings. The summed E-state index contributed by atoms with van der Waals surface area (Å²) < 4.78 is 2.13. The van der Waals surface area contributed by atoms with E-state index in [9.17, 15) is 4.79 Å². The van der Waals surface area contributed by atoms with Gasteiger partial charge in [-0.3, -0.25) is 14.4 Å². The van der Waals surface area contributed by atoms with E-state index in [0.29, 0.717) is 13.0 Å². The summed E-state index contributed by atoms with van der Waals surface area (Å²) in [5.74, 6) is 1.84. The molecule has 1 amide bonds. The Morgan fingerprint density at radius 1 is 1.18 bits per heavy atom. The number of alkyl halides is 1. The number of aromatic nitrogens is 3. The molecule has 0 saturated carbocycles. The van der Waals surface area contributed by atoms with Crippen LogP contribution in [-0.4, -0.2) is 87.9 Å². The van der Waals surface area contributed by atoms with Crippen LogP contribution in [0.3, 0.4) is 0 Å². The highest BCUT2D eigenvalue weighted by atomic mass is 35.5. The zero-order valence-corrected chi connectivity index (χ0v) is 24.6. The fourth-order valence-electron chi connectivity index (χ4n) is 5.32. The van der Waals surface area contributed by atoms with Crippen LogP contribution in [0.25, 0.3) is 5.00 Å². The van der Waals surface area contributed by atoms with E-state index in [-0.39, 0.29) is 23.2 Å². The molecular weight excluding hydrogens is 518 g/mol. The minimum Gasteiger partial charge on any atom is -0.353 e. The molecule has 8 nitrogen and oxygen atoms in total. The standard InChI is InChI=1S/C28H38ClN7OS/c1-17-15-21(8-9-22(17)29)26-25-18(2)19(3)38-28(25)36-20(4)32-33-27(36)23(31-26)16-30-24(37)7-6-10-35-13-11-34(5)12-14-35/h8-9,15,17,22-23H,6-7,10-14,16H2,1-5H3,(H,30,37). The molecule has 38 heavy (non-hydrogen) atoms. The van der Waals surface area contributed by atoms with Crippen LogP contribution in [0.5, 0.6) is 0 Å². The highest BCUT2D eigenvalue weighted by molar-refractivity contribution is 7.15. The van der Waals surface area contributed by atoms with Crippen molar-refractivity contribution in [2.45, 2.75) is 52.0 Å². The summed E-state index contributed by atoms with van der Waals surface area (Å²) in [6.07, 6.45) is 7.70. The maximum absolute atomic E-state index is 12.8. The van der Waals surface area contributed by atoms with Gasteiger partial charge in [-0.2, -0.15) is 0 Å². The van der Waals surface area contributed by atoms with Gasteiger partial charge in [-0.15, -0.1) is 33.1 Å². The number of hydrogen-bond acceptors (Lipinski definition) is 7. The van der Waals surface area contributed by atoms with Gasteiger partial charge in [0.25, 0.3) is 0 Å². The first-order valence-electron chi connectivity index (χ1n) is 13.6. The maximum atomic E-state index is 12.8. The first-order valence-corrected chi connectivity index (χ1v) is 14.8. The molecule has 3 aliphatic rings. The SMILES string of the molecule is Cc1sc2c(c1C)C(C1=CC(C)C(Cl)C=C1)=NC(CNC(=O)CCCN1CCN(C)CC1)c1nnc(C)n1-2. The van der Waals surface area contributed by atoms with Gasteiger partial charge in [-0.05, 0) is 57.8 Å². The molecule has 2 aromatic heterocycles. The van der Waals surface area contributed by atoms with E-state index < -0.39 is 0 Å². The predicted octanol–water partition coefficient (Wildman–Crippen LogP) is 3.98. The van der Waals surface area contributed by atoms with Crippen LogP contribution in [0.2, 0.25) is 0 Å². The van der Waals surface area contributed by atoms with E-state index in [4.69, 9.17) is 16.6 Å². The normalized spacial score (nSPS) is 23.9. The summed E-state index contributed by atoms with van der Waals surface area (Å²) in [6.45, 7) is 14.1. The molecule has 0 spiro atoms. The zero-order valence-electron chi connectivity index (χ0n) is 23.0. The van der Waals surface area contributed by atoms with Crippen LogP contribution >= 0.6 is 22.9 Å². The highest BCUT2D eigenvalue weighted by Gasteiger charge is 2.32. The van der Waals surface area contributed by atoms with Gasteiger partial charge in [0.15, 0.2) is 5.82 Å². The minimum absolute atomic E-state index is 0.0299. The number of carbonyl (C=O) groups excluding carboxylic acids is 1. The van der Waals surface area contributed by atoms with Crippen molar-refractivity contribution in [3.63, 3.8) is 0 Å². The molecule has 5 rings (SSSR count). The van der Waals surface area contributed by atoms with Crippen LogP contribution in [-0.2, 0) is 4.79 Å². The number of thiophene rings is 1. The van der Waals surface area contributed by atoms with Crippen molar-refractivity contribution in [2.75, 3.05) is 46.3 Å². The number of aliphatic imine (C=N–C) groups is 1. The number of nitrogens with one attached hydrogen (secondary N) is 1. The van der Waals surface area contributed by atoms with Gasteiger partial charge in [0.2, 0.25) is 5.91 Å². The van der Waals surface area contributed by atoms with Gasteiger partial charge < -0.3 is 15.1 Å². The summed E-state index contributed by atoms with van der Waals surface area (Å²) in [7, 11) is 2.16. The third-order valence-corrected chi connectivity index (χ3v) is 9.62. The zero-order chi connectivity index (χ0) is 27.0. The van der Waals surface area contributed by atoms with Crippen molar-refractivity contribution in [1.29, 1.82) is 0 Å². The van der Waals surface area contributed by atoms with Crippen molar-refractivity contribution in [3.8, 4) is 5.00 Å². The topological polar surface area (TPSA) is 78.7 Å². The lowest BCUT2D eigenvalue weighted by molar-refractivity contribution is -0.121. The first-order chi connectivity index (χ1) is 18.2. The number of fused-ring (bicyclic) bond motifs is 3. The summed E-state index contributed by atoms with van der Waals surface area (Å²) in [4.78, 5) is 24.2. The number of aryl methyl sites for hydroxylation is 2. The van der Waals surface area contributed by atoms with Gasteiger partial charge in [-0.25, -0.2) is 0 Å². The Kier molecular flexibility index (Phi) is 8.19. The van der Waals surface area contributed by atoms with Crippen molar-refractivity contribution < 1.29 is 4.79 Å². The summed E-state index contributed by atoms with van der Waals surface area (Å²) >= 11 is 8.22. The third-order valence-electron chi connectivity index (χ3n) is 7.88. The molecule has 0 aromatic carbocycles. The second-order valence-electron chi connectivity index (χ2n) is 10.7. The number of allylic oxidation sites excluding steroid dienone is 4. The molecular formula is C28H38ClN7OS. The number of nitrogens with zero attached hydrogens (tertiary/aromatic N) is 6. The molecule has 0 radical (unpaired) electrons. The molecule has 3 atom stereocenters. The van der Waals surface area contributed by atoms with E-state index in [0.717, 1.165) is 72.6 Å². The smallest absolute Gasteiger partial charge is 0.220 e. The number of rotatable bonds is 7. The van der Waals surface area contributed by atoms with Crippen molar-refractivity contribution in [1.82, 2.24) is 29.9 Å². The Balaban J connectivity index is 1.37. The van der Waals surface area contributed by atoms with Gasteiger partial charge in [-0.1, -0.05) is 25.2 Å². The maximum Gasteiger partial charge on any atom is 0.220 e. The molecule has 10 heteroatoms. The monoisotopic (exact) mass is 555 g/mol. The lowest BCUT2D eigenvalue weighted by Crippen LogP contribution is -2.44. The average molecular weight is 556 g/mol. The van der Waals surface area contributed by atoms with Crippen LogP contribution in [0, 0.1) is 26.7 Å². The molecule has 0 bridgehead atoms. The fraction of sp³-hybridized carbons (Fsp3) is 0.571. The average Bonchev–Trinajstić information content (AvgIpc) is 3.36. The van der Waals surface area contributed by atoms with Crippen molar-refractivity contribution in [2.24, 2.45) is 10.9 Å². The summed E-state index contributed by atoms with van der Waals surface area (Å²) in [5.41, 5.74) is 4.34. The molecule has 1 saturated heterocycles. The van der Waals surface area contributed by atoms with Crippen LogP contribution in [0.4, 0.5) is 0 Å². The number of carbonyl (C=O) groups is 1. The van der Waals surface area contributed by atoms with E-state index in [1.165, 1.54) is 10.4 Å². The largest absolute Gasteiger partial charge is 0.353 e. The molecule has 1 aliphatic carbocycles. The minimum atomic E-state index is -0.342. The lowest BCUT2D eigenvalue weighted by Gasteiger charge is -2.32. The van der Waals surface area contributed by atoms with E-state index in [1.54, 1.807) is 11.3 Å². The first kappa shape index (κ1) is 27.2. The Morgan fingerprint density at radius 2 is 1.95 bits per heavy atom. The van der Waals surface area contributed by atoms with E-state index in [2.05, 4.69) is 69.9 Å². The van der Waals surface area contributed by atoms with Crippen molar-refractivity contribution >= 4 is 34.6 Å². The Bertz CT molecular complexity index is 1280. The highest BCUT2D eigenvalue weighted by Crippen LogP contribution is 2.39. The molecule has 4 heterocycles. The number of piperazine rings is 1. The Labute approximate surface area is 234 Å². The third kappa shape index (κ3) is 5.52. The van der Waals surface area contributed by atoms with E-state index >= 15 is 0 Å². The number of likely N-dealkylation sites (N-methyl/N-ethyl adjacent to an activating group) is 1. The number of amides is 1. The number of halogens is 1. The van der Waals surface area contributed by atoms with Gasteiger partial charge in [0.05, 0.1) is 11.1 Å². The van der Waals surface area contributed by atoms with Gasteiger partial charge in [0.1, 0.15) is 16.9 Å². The summed E-state index contributed by atoms with van der Waals surface area (Å²) in [5, 5.41) is 13.2. The number of hydrogen-bond donors (Lipinski definition) is 1. The Morgan fingerprint density at radius 3 is 2.68 bits per heavy atom. The fourth-order valence-corrected chi connectivity index (χ4v) is 6.68. The quantitative estimate of drug-likeness (QED) is 0.523. The molecule has 2 aliphatic heterocycles. The van der Waals surface area contributed by atoms with Gasteiger partial charge in [0, 0.05) is 49.6 Å². The predicted molar refractivity (Wildman–Crippen MR) is 155 cm³/mol.